The summed E-state index contributed by atoms with van der Waals surface area (Å²) in [4.78, 5) is 93.0. The van der Waals surface area contributed by atoms with Crippen LogP contribution in [0, 0.1) is 5.82 Å². The lowest BCUT2D eigenvalue weighted by Crippen LogP contribution is -2.54. The zero-order chi connectivity index (χ0) is 49.2. The quantitative estimate of drug-likeness (QED) is 0.0636. The highest BCUT2D eigenvalue weighted by molar-refractivity contribution is 7.22. The number of carboxylic acid groups (broad SMARTS) is 1. The third kappa shape index (κ3) is 9.94. The highest BCUT2D eigenvalue weighted by Crippen LogP contribution is 2.35. The number of pyridine rings is 1. The Morgan fingerprint density at radius 3 is 2.37 bits per heavy atom. The fourth-order valence-electron chi connectivity index (χ4n) is 9.95. The van der Waals surface area contributed by atoms with Gasteiger partial charge < -0.3 is 19.6 Å². The summed E-state index contributed by atoms with van der Waals surface area (Å²) in [6.45, 7) is 4.96. The van der Waals surface area contributed by atoms with E-state index in [1.807, 2.05) is 76.5 Å². The van der Waals surface area contributed by atoms with Crippen molar-refractivity contribution in [2.75, 3.05) is 61.0 Å². The number of imide groups is 2. The first kappa shape index (κ1) is 47.1. The van der Waals surface area contributed by atoms with Crippen molar-refractivity contribution in [1.29, 1.82) is 0 Å². The molecule has 71 heavy (non-hydrogen) atoms. The molecule has 364 valence electrons. The summed E-state index contributed by atoms with van der Waals surface area (Å²) >= 11 is 1.42. The van der Waals surface area contributed by atoms with Gasteiger partial charge in [0.15, 0.2) is 10.8 Å². The zero-order valence-corrected chi connectivity index (χ0v) is 39.6. The number of nitrogens with zero attached hydrogens (tertiary/aromatic N) is 6. The number of carbonyl (C=O) groups is 6. The van der Waals surface area contributed by atoms with Crippen LogP contribution in [-0.2, 0) is 22.6 Å². The molecule has 2 saturated heterocycles. The molecule has 0 radical (unpaired) electrons. The van der Waals surface area contributed by atoms with Gasteiger partial charge in [-0.3, -0.25) is 44.4 Å². The molecule has 6 aromatic rings. The van der Waals surface area contributed by atoms with Crippen LogP contribution in [0.25, 0.3) is 21.3 Å². The normalized spacial score (nSPS) is 17.1. The monoisotopic (exact) mass is 978 g/mol. The summed E-state index contributed by atoms with van der Waals surface area (Å²) in [6, 6.07) is 25.8. The Bertz CT molecular complexity index is 3070. The van der Waals surface area contributed by atoms with Crippen molar-refractivity contribution in [3.63, 3.8) is 0 Å². The van der Waals surface area contributed by atoms with Crippen LogP contribution in [0.15, 0.2) is 91.0 Å². The SMILES string of the molecule is O=C1CC[C@H](N2C(=O)c3cc(F)c(N4CCN(CCCCCCCOc5cccc(-c6ccc(N7CCc8cccc(C(=O)Nc9nc%10ccccc%10s9)c8C7)nc6C(=O)O)c5)CC4)cc3C2=O)C(=O)N1. The van der Waals surface area contributed by atoms with Gasteiger partial charge in [-0.1, -0.05) is 67.0 Å². The molecule has 4 aromatic carbocycles. The summed E-state index contributed by atoms with van der Waals surface area (Å²) < 4.78 is 22.5. The van der Waals surface area contributed by atoms with Crippen molar-refractivity contribution in [3.8, 4) is 16.9 Å². The van der Waals surface area contributed by atoms with Crippen molar-refractivity contribution >= 4 is 73.7 Å². The molecule has 0 unspecified atom stereocenters. The molecular formula is C53H51FN8O8S. The number of amides is 5. The molecule has 0 spiro atoms. The molecule has 0 saturated carbocycles. The van der Waals surface area contributed by atoms with E-state index in [0.29, 0.717) is 72.6 Å². The number of carbonyl (C=O) groups excluding carboxylic acids is 5. The van der Waals surface area contributed by atoms with Crippen LogP contribution >= 0.6 is 11.3 Å². The number of para-hydroxylation sites is 1. The van der Waals surface area contributed by atoms with Gasteiger partial charge in [-0.15, -0.1) is 0 Å². The summed E-state index contributed by atoms with van der Waals surface area (Å²) in [5.41, 5.74) is 4.64. The van der Waals surface area contributed by atoms with E-state index >= 15 is 4.39 Å². The number of ether oxygens (including phenoxy) is 1. The summed E-state index contributed by atoms with van der Waals surface area (Å²) in [7, 11) is 0. The number of aromatic nitrogens is 2. The molecule has 3 N–H and O–H groups in total. The smallest absolute Gasteiger partial charge is 0.355 e. The number of fused-ring (bicyclic) bond motifs is 3. The third-order valence-corrected chi connectivity index (χ3v) is 14.6. The molecule has 5 amide bonds. The van der Waals surface area contributed by atoms with E-state index in [0.717, 1.165) is 84.0 Å². The van der Waals surface area contributed by atoms with Crippen molar-refractivity contribution in [2.45, 2.75) is 64.0 Å². The number of nitrogens with one attached hydrogen (secondary N) is 2. The van der Waals surface area contributed by atoms with Gasteiger partial charge in [0.1, 0.15) is 23.4 Å². The number of benzene rings is 4. The topological polar surface area (TPSA) is 195 Å². The van der Waals surface area contributed by atoms with Gasteiger partial charge in [-0.2, -0.15) is 0 Å². The third-order valence-electron chi connectivity index (χ3n) is 13.7. The molecule has 10 rings (SSSR count). The number of thiazole rings is 1. The number of halogens is 1. The van der Waals surface area contributed by atoms with Gasteiger partial charge in [0.25, 0.3) is 17.7 Å². The van der Waals surface area contributed by atoms with Gasteiger partial charge in [0, 0.05) is 56.8 Å². The van der Waals surface area contributed by atoms with Gasteiger partial charge >= 0.3 is 5.97 Å². The Kier molecular flexibility index (Phi) is 13.5. The Hall–Kier alpha value is -7.57. The first-order valence-electron chi connectivity index (χ1n) is 24.0. The molecule has 16 nitrogen and oxygen atoms in total. The number of unbranched alkanes of at least 4 members (excludes halogenated alkanes) is 4. The Labute approximate surface area is 412 Å². The minimum absolute atomic E-state index is 0.00917. The predicted molar refractivity (Wildman–Crippen MR) is 266 cm³/mol. The second-order valence-corrected chi connectivity index (χ2v) is 19.2. The molecule has 0 aliphatic carbocycles. The first-order valence-corrected chi connectivity index (χ1v) is 24.8. The lowest BCUT2D eigenvalue weighted by Gasteiger charge is -2.36. The number of anilines is 3. The van der Waals surface area contributed by atoms with Crippen LogP contribution in [0.4, 0.5) is 21.0 Å². The number of rotatable bonds is 16. The summed E-state index contributed by atoms with van der Waals surface area (Å²) in [5, 5.41) is 16.0. The molecule has 4 aliphatic rings. The fourth-order valence-corrected chi connectivity index (χ4v) is 10.8. The maximum atomic E-state index is 15.4. The van der Waals surface area contributed by atoms with Crippen molar-refractivity contribution < 1.29 is 43.0 Å². The van der Waals surface area contributed by atoms with Gasteiger partial charge in [0.05, 0.1) is 33.6 Å². The Balaban J connectivity index is 0.668. The highest BCUT2D eigenvalue weighted by atomic mass is 32.1. The Morgan fingerprint density at radius 2 is 1.56 bits per heavy atom. The molecule has 6 heterocycles. The highest BCUT2D eigenvalue weighted by Gasteiger charge is 2.45. The van der Waals surface area contributed by atoms with Gasteiger partial charge in [0.2, 0.25) is 11.8 Å². The van der Waals surface area contributed by atoms with Gasteiger partial charge in [-0.25, -0.2) is 19.2 Å². The van der Waals surface area contributed by atoms with Crippen LogP contribution in [-0.4, -0.2) is 112 Å². The zero-order valence-electron chi connectivity index (χ0n) is 38.8. The van der Waals surface area contributed by atoms with E-state index in [2.05, 4.69) is 25.5 Å². The fraction of sp³-hybridized carbons (Fsp3) is 0.321. The second-order valence-electron chi connectivity index (χ2n) is 18.2. The molecule has 0 bridgehead atoms. The van der Waals surface area contributed by atoms with E-state index in [1.54, 1.807) is 12.1 Å². The molecule has 4 aliphatic heterocycles. The second kappa shape index (κ2) is 20.4. The van der Waals surface area contributed by atoms with Crippen LogP contribution in [0.1, 0.15) is 97.6 Å². The van der Waals surface area contributed by atoms with Crippen molar-refractivity contribution in [1.82, 2.24) is 25.1 Å². The standard InChI is InChI=1S/C53H51FN8O8S/c54-40-29-37-38(51(67)62(50(37)66)42-17-19-46(63)57-49(42)65)30-43(40)60-25-23-59(24-26-60)21-6-2-1-3-7-27-70-34-12-8-11-33(28-34)35-16-18-45(56-47(35)52(68)69)61-22-20-32-10-9-13-36(39(32)31-61)48(64)58-53-55-41-14-4-5-15-44(41)71-53/h4-5,8-16,18,28-30,42H,1-3,6-7,17,19-27,31H2,(H,68,69)(H,55,58,64)(H,57,63,65)/t42-/m0/s1. The molecule has 2 fully saturated rings. The van der Waals surface area contributed by atoms with E-state index in [4.69, 9.17) is 4.74 Å². The van der Waals surface area contributed by atoms with Gasteiger partial charge in [-0.05, 0) is 104 Å². The summed E-state index contributed by atoms with van der Waals surface area (Å²) in [5.74, 6) is -3.39. The van der Waals surface area contributed by atoms with E-state index in [1.165, 1.54) is 17.4 Å². The predicted octanol–water partition coefficient (Wildman–Crippen LogP) is 7.56. The lowest BCUT2D eigenvalue weighted by atomic mass is 9.94. The molecular weight excluding hydrogens is 928 g/mol. The minimum atomic E-state index is -1.14. The Morgan fingerprint density at radius 1 is 0.789 bits per heavy atom. The number of aromatic carboxylic acids is 1. The number of piperidine rings is 1. The number of hydrogen-bond donors (Lipinski definition) is 3. The largest absolute Gasteiger partial charge is 0.494 e. The van der Waals surface area contributed by atoms with Crippen LogP contribution in [0.2, 0.25) is 0 Å². The van der Waals surface area contributed by atoms with Crippen LogP contribution in [0.3, 0.4) is 0 Å². The number of hydrogen-bond acceptors (Lipinski definition) is 13. The molecule has 2 aromatic heterocycles. The van der Waals surface area contributed by atoms with Crippen molar-refractivity contribution in [2.24, 2.45) is 0 Å². The average molecular weight is 979 g/mol. The average Bonchev–Trinajstić information content (AvgIpc) is 3.89. The first-order chi connectivity index (χ1) is 34.5. The van der Waals surface area contributed by atoms with Crippen LogP contribution in [0.5, 0.6) is 5.75 Å². The summed E-state index contributed by atoms with van der Waals surface area (Å²) in [6.07, 6.45) is 5.64. The van der Waals surface area contributed by atoms with E-state index < -0.39 is 41.5 Å². The number of piperazine rings is 1. The van der Waals surface area contributed by atoms with Crippen molar-refractivity contribution in [3.05, 3.63) is 130 Å². The maximum Gasteiger partial charge on any atom is 0.355 e. The maximum absolute atomic E-state index is 15.4. The molecule has 18 heteroatoms. The van der Waals surface area contributed by atoms with Crippen LogP contribution < -0.4 is 25.2 Å². The van der Waals surface area contributed by atoms with E-state index in [-0.39, 0.29) is 41.3 Å². The van der Waals surface area contributed by atoms with E-state index in [9.17, 15) is 33.9 Å². The molecule has 1 atom stereocenters. The minimum Gasteiger partial charge on any atom is -0.494 e. The lowest BCUT2D eigenvalue weighted by molar-refractivity contribution is -0.136. The number of carboxylic acids is 1.